The number of carboxylic acid groups (broad SMARTS) is 1. The predicted molar refractivity (Wildman–Crippen MR) is 83.2 cm³/mol. The maximum absolute atomic E-state index is 12.7. The molecule has 6 heteroatoms. The van der Waals surface area contributed by atoms with Crippen LogP contribution >= 0.6 is 0 Å². The Kier molecular flexibility index (Phi) is 3.87. The van der Waals surface area contributed by atoms with Crippen LogP contribution in [0.15, 0.2) is 48.6 Å². The molecule has 0 bridgehead atoms. The van der Waals surface area contributed by atoms with E-state index in [4.69, 9.17) is 9.84 Å². The van der Waals surface area contributed by atoms with Crippen molar-refractivity contribution in [2.24, 2.45) is 0 Å². The number of carbonyl (C=O) groups excluding carboxylic acids is 2. The van der Waals surface area contributed by atoms with Crippen LogP contribution in [0.1, 0.15) is 27.0 Å². The molecule has 2 aromatic carbocycles. The molecule has 0 unspecified atom stereocenters. The Morgan fingerprint density at radius 3 is 2.38 bits per heavy atom. The molecule has 2 N–H and O–H groups in total. The second kappa shape index (κ2) is 6.00. The molecule has 0 saturated heterocycles. The van der Waals surface area contributed by atoms with E-state index in [1.165, 1.54) is 12.1 Å². The van der Waals surface area contributed by atoms with Gasteiger partial charge < -0.3 is 14.9 Å². The zero-order valence-corrected chi connectivity index (χ0v) is 12.4. The average molecular weight is 324 g/mol. The van der Waals surface area contributed by atoms with Gasteiger partial charge in [0.2, 0.25) is 5.78 Å². The van der Waals surface area contributed by atoms with Crippen LogP contribution in [0.3, 0.4) is 0 Å². The molecule has 0 aromatic heterocycles. The van der Waals surface area contributed by atoms with Crippen molar-refractivity contribution < 1.29 is 29.3 Å². The van der Waals surface area contributed by atoms with Crippen LogP contribution in [-0.4, -0.2) is 27.9 Å². The first-order valence-electron chi connectivity index (χ1n) is 7.07. The van der Waals surface area contributed by atoms with Crippen molar-refractivity contribution in [1.29, 1.82) is 0 Å². The van der Waals surface area contributed by atoms with Crippen LogP contribution in [0.25, 0.3) is 0 Å². The third-order valence-corrected chi connectivity index (χ3v) is 3.65. The summed E-state index contributed by atoms with van der Waals surface area (Å²) >= 11 is 0. The first-order chi connectivity index (χ1) is 11.5. The van der Waals surface area contributed by atoms with Gasteiger partial charge in [0, 0.05) is 12.2 Å². The van der Waals surface area contributed by atoms with Gasteiger partial charge in [-0.1, -0.05) is 24.3 Å². The lowest BCUT2D eigenvalue weighted by molar-refractivity contribution is -0.133. The summed E-state index contributed by atoms with van der Waals surface area (Å²) in [5, 5.41) is 18.5. The smallest absolute Gasteiger partial charge is 0.336 e. The molecule has 0 radical (unpaired) electrons. The van der Waals surface area contributed by atoms with Crippen LogP contribution in [0.2, 0.25) is 0 Å². The van der Waals surface area contributed by atoms with Crippen LogP contribution in [0.4, 0.5) is 0 Å². The molecule has 6 nitrogen and oxygen atoms in total. The average Bonchev–Trinajstić information content (AvgIpc) is 2.53. The summed E-state index contributed by atoms with van der Waals surface area (Å²) in [5.74, 6) is -2.71. The fourth-order valence-electron chi connectivity index (χ4n) is 2.67. The van der Waals surface area contributed by atoms with E-state index in [1.807, 2.05) is 0 Å². The lowest BCUT2D eigenvalue weighted by Gasteiger charge is -2.21. The molecule has 3 rings (SSSR count). The van der Waals surface area contributed by atoms with E-state index in [9.17, 15) is 19.5 Å². The number of fused-ring (bicyclic) bond motifs is 2. The maximum Gasteiger partial charge on any atom is 0.336 e. The zero-order chi connectivity index (χ0) is 17.3. The number of aliphatic carboxylic acids is 1. The third kappa shape index (κ3) is 2.77. The third-order valence-electron chi connectivity index (χ3n) is 3.65. The first kappa shape index (κ1) is 15.5. The Morgan fingerprint density at radius 2 is 1.67 bits per heavy atom. The Labute approximate surface area is 136 Å². The number of esters is 1. The van der Waals surface area contributed by atoms with Crippen molar-refractivity contribution in [3.8, 4) is 11.5 Å². The van der Waals surface area contributed by atoms with Crippen molar-refractivity contribution in [3.05, 3.63) is 70.8 Å². The number of ether oxygens (including phenoxy) is 1. The minimum atomic E-state index is -1.28. The van der Waals surface area contributed by atoms with Crippen molar-refractivity contribution >= 4 is 17.7 Å². The fourth-order valence-corrected chi connectivity index (χ4v) is 2.67. The van der Waals surface area contributed by atoms with Crippen molar-refractivity contribution in [2.75, 3.05) is 0 Å². The van der Waals surface area contributed by atoms with Gasteiger partial charge in [-0.2, -0.15) is 0 Å². The molecule has 24 heavy (non-hydrogen) atoms. The molecule has 0 fully saturated rings. The second-order valence-corrected chi connectivity index (χ2v) is 5.20. The quantitative estimate of drug-likeness (QED) is 0.434. The van der Waals surface area contributed by atoms with Gasteiger partial charge in [0.1, 0.15) is 11.5 Å². The Hall–Kier alpha value is -3.41. The minimum Gasteiger partial charge on any atom is -0.507 e. The first-order valence-corrected chi connectivity index (χ1v) is 7.07. The van der Waals surface area contributed by atoms with Gasteiger partial charge in [0.25, 0.3) is 0 Å². The van der Waals surface area contributed by atoms with E-state index in [1.54, 1.807) is 24.3 Å². The lowest BCUT2D eigenvalue weighted by Crippen LogP contribution is -2.18. The van der Waals surface area contributed by atoms with Gasteiger partial charge in [0.15, 0.2) is 0 Å². The van der Waals surface area contributed by atoms with Crippen molar-refractivity contribution in [3.63, 3.8) is 0 Å². The van der Waals surface area contributed by atoms with Crippen LogP contribution < -0.4 is 4.74 Å². The lowest BCUT2D eigenvalue weighted by atomic mass is 9.84. The number of hydrogen-bond acceptors (Lipinski definition) is 5. The van der Waals surface area contributed by atoms with Crippen LogP contribution in [0, 0.1) is 0 Å². The minimum absolute atomic E-state index is 0.0337. The molecule has 0 spiro atoms. The molecular weight excluding hydrogens is 312 g/mol. The summed E-state index contributed by atoms with van der Waals surface area (Å²) in [6.07, 6.45) is 1.84. The molecule has 1 aliphatic carbocycles. The normalized spacial score (nSPS) is 12.6. The van der Waals surface area contributed by atoms with E-state index < -0.39 is 17.7 Å². The van der Waals surface area contributed by atoms with Crippen LogP contribution in [-0.2, 0) is 16.0 Å². The second-order valence-electron chi connectivity index (χ2n) is 5.20. The highest BCUT2D eigenvalue weighted by Crippen LogP contribution is 2.36. The highest BCUT2D eigenvalue weighted by molar-refractivity contribution is 6.15. The zero-order valence-electron chi connectivity index (χ0n) is 12.4. The molecule has 0 heterocycles. The van der Waals surface area contributed by atoms with Gasteiger partial charge in [-0.25, -0.2) is 9.59 Å². The van der Waals surface area contributed by atoms with Gasteiger partial charge in [-0.05, 0) is 29.7 Å². The number of phenols is 1. The number of aromatic hydroxyl groups is 1. The van der Waals surface area contributed by atoms with Gasteiger partial charge in [-0.15, -0.1) is 0 Å². The molecule has 1 aliphatic rings. The maximum atomic E-state index is 12.7. The molecule has 0 atom stereocenters. The topological polar surface area (TPSA) is 101 Å². The van der Waals surface area contributed by atoms with Gasteiger partial charge in [-0.3, -0.25) is 4.79 Å². The molecule has 2 aromatic rings. The molecule has 120 valence electrons. The standard InChI is InChI=1S/C18H12O6/c19-12-5-1-3-10-9-11-4-2-6-13(17(11)18(23)16(10)12)24-15(22)8-7-14(20)21/h1-8,19H,9H2,(H,20,21)/b8-7-. The summed E-state index contributed by atoms with van der Waals surface area (Å²) in [5.41, 5.74) is 1.76. The van der Waals surface area contributed by atoms with E-state index >= 15 is 0 Å². The Bertz CT molecular complexity index is 894. The fraction of sp³-hybridized carbons (Fsp3) is 0.0556. The highest BCUT2D eigenvalue weighted by Gasteiger charge is 2.29. The number of hydrogen-bond donors (Lipinski definition) is 2. The molecule has 0 amide bonds. The molecule has 0 aliphatic heterocycles. The Morgan fingerprint density at radius 1 is 1.00 bits per heavy atom. The monoisotopic (exact) mass is 324 g/mol. The summed E-state index contributed by atoms with van der Waals surface area (Å²) in [4.78, 5) is 34.9. The van der Waals surface area contributed by atoms with Crippen LogP contribution in [0.5, 0.6) is 11.5 Å². The van der Waals surface area contributed by atoms with E-state index in [2.05, 4.69) is 0 Å². The summed E-state index contributed by atoms with van der Waals surface area (Å²) in [6.45, 7) is 0. The van der Waals surface area contributed by atoms with Gasteiger partial charge >= 0.3 is 11.9 Å². The summed E-state index contributed by atoms with van der Waals surface area (Å²) < 4.78 is 5.10. The van der Waals surface area contributed by atoms with Crippen molar-refractivity contribution in [2.45, 2.75) is 6.42 Å². The number of carbonyl (C=O) groups is 3. The van der Waals surface area contributed by atoms with Crippen molar-refractivity contribution in [1.82, 2.24) is 0 Å². The highest BCUT2D eigenvalue weighted by atomic mass is 16.5. The van der Waals surface area contributed by atoms with E-state index in [0.29, 0.717) is 23.6 Å². The summed E-state index contributed by atoms with van der Waals surface area (Å²) in [7, 11) is 0. The largest absolute Gasteiger partial charge is 0.507 e. The number of phenolic OH excluding ortho intramolecular Hbond substituents is 1. The molecule has 0 saturated carbocycles. The van der Waals surface area contributed by atoms with E-state index in [0.717, 1.165) is 6.08 Å². The number of carboxylic acids is 1. The summed E-state index contributed by atoms with van der Waals surface area (Å²) in [6, 6.07) is 9.67. The van der Waals surface area contributed by atoms with E-state index in [-0.39, 0.29) is 22.6 Å². The molecular formula is C18H12O6. The van der Waals surface area contributed by atoms with Gasteiger partial charge in [0.05, 0.1) is 11.1 Å². The Balaban J connectivity index is 2.00. The number of rotatable bonds is 3. The predicted octanol–water partition coefficient (Wildman–Crippen LogP) is 2.07. The number of benzene rings is 2. The number of ketones is 1. The SMILES string of the molecule is O=C(O)/C=C\C(=O)Oc1cccc2c1C(=O)c1c(O)cccc1C2.